The lowest BCUT2D eigenvalue weighted by Gasteiger charge is -2.14. The first-order valence-corrected chi connectivity index (χ1v) is 12.9. The van der Waals surface area contributed by atoms with E-state index in [2.05, 4.69) is 14.7 Å². The minimum absolute atomic E-state index is 0.0899. The van der Waals surface area contributed by atoms with Crippen LogP contribution in [0.1, 0.15) is 16.8 Å². The molecule has 2 heterocycles. The Morgan fingerprint density at radius 1 is 1.09 bits per heavy atom. The normalized spacial score (nSPS) is 11.8. The van der Waals surface area contributed by atoms with E-state index >= 15 is 0 Å². The second-order valence-electron chi connectivity index (χ2n) is 7.85. The van der Waals surface area contributed by atoms with Crippen LogP contribution in [0.15, 0.2) is 77.1 Å². The molecule has 0 fully saturated rings. The number of hydrogen-bond donors (Lipinski definition) is 1. The second-order valence-corrected chi connectivity index (χ2v) is 10.3. The van der Waals surface area contributed by atoms with Crippen molar-refractivity contribution >= 4 is 33.7 Å². The number of aromatic nitrogens is 2. The Kier molecular flexibility index (Phi) is 8.14. The number of nitrogens with one attached hydrogen (secondary N) is 1. The van der Waals surface area contributed by atoms with Gasteiger partial charge in [-0.2, -0.15) is 0 Å². The van der Waals surface area contributed by atoms with E-state index in [0.29, 0.717) is 21.6 Å². The Morgan fingerprint density at radius 3 is 2.46 bits per heavy atom. The van der Waals surface area contributed by atoms with Gasteiger partial charge in [-0.1, -0.05) is 42.5 Å². The van der Waals surface area contributed by atoms with Crippen molar-refractivity contribution in [1.82, 2.24) is 14.7 Å². The lowest BCUT2D eigenvalue weighted by atomic mass is 10.1. The van der Waals surface area contributed by atoms with E-state index in [1.807, 2.05) is 66.7 Å². The fraction of sp³-hybridized carbons (Fsp3) is 0.192. The number of methoxy groups -OCH3 is 1. The Bertz CT molecular complexity index is 1260. The Labute approximate surface area is 212 Å². The van der Waals surface area contributed by atoms with Crippen LogP contribution in [0.5, 0.6) is 5.75 Å². The number of rotatable bonds is 9. The topological polar surface area (TPSA) is 90.4 Å². The molecule has 0 bridgehead atoms. The third-order valence-corrected chi connectivity index (χ3v) is 8.18. The number of thiazole rings is 1. The molecule has 2 aromatic heterocycles. The molecule has 2 aromatic carbocycles. The molecule has 0 spiro atoms. The first-order chi connectivity index (χ1) is 16.9. The molecule has 0 saturated heterocycles. The Morgan fingerprint density at radius 2 is 1.80 bits per heavy atom. The van der Waals surface area contributed by atoms with Gasteiger partial charge in [0.15, 0.2) is 5.13 Å². The largest absolute Gasteiger partial charge is 0.592 e. The van der Waals surface area contributed by atoms with Gasteiger partial charge in [0, 0.05) is 18.8 Å². The minimum atomic E-state index is -1.44. The highest BCUT2D eigenvalue weighted by atomic mass is 32.2. The zero-order chi connectivity index (χ0) is 24.8. The molecule has 180 valence electrons. The molecule has 1 amide bonds. The van der Waals surface area contributed by atoms with Gasteiger partial charge in [-0.25, -0.2) is 4.98 Å². The molecule has 0 radical (unpaired) electrons. The van der Waals surface area contributed by atoms with Crippen molar-refractivity contribution in [1.29, 1.82) is 0 Å². The van der Waals surface area contributed by atoms with E-state index in [9.17, 15) is 9.35 Å². The smallest absolute Gasteiger partial charge is 0.252 e. The van der Waals surface area contributed by atoms with E-state index in [-0.39, 0.29) is 12.3 Å². The van der Waals surface area contributed by atoms with Crippen molar-refractivity contribution in [3.05, 3.63) is 89.7 Å². The number of ether oxygens (including phenoxy) is 1. The number of carbonyl (C=O) groups is 1. The van der Waals surface area contributed by atoms with Gasteiger partial charge in [0.25, 0.3) is 4.21 Å². The van der Waals surface area contributed by atoms with Gasteiger partial charge < -0.3 is 9.29 Å². The summed E-state index contributed by atoms with van der Waals surface area (Å²) in [7, 11) is 3.31. The number of benzene rings is 2. The summed E-state index contributed by atoms with van der Waals surface area (Å²) < 4.78 is 21.6. The predicted molar refractivity (Wildman–Crippen MR) is 140 cm³/mol. The lowest BCUT2D eigenvalue weighted by Crippen LogP contribution is -2.27. The Hall–Kier alpha value is -3.24. The summed E-state index contributed by atoms with van der Waals surface area (Å²) in [6, 6.07) is 21.1. The fourth-order valence-corrected chi connectivity index (χ4v) is 5.60. The Balaban J connectivity index is 1.36. The summed E-state index contributed by atoms with van der Waals surface area (Å²) in [4.78, 5) is 23.3. The van der Waals surface area contributed by atoms with E-state index in [1.54, 1.807) is 27.3 Å². The van der Waals surface area contributed by atoms with Crippen molar-refractivity contribution < 1.29 is 14.1 Å². The van der Waals surface area contributed by atoms with Crippen LogP contribution in [0, 0.1) is 6.92 Å². The van der Waals surface area contributed by atoms with Crippen LogP contribution in [0.4, 0.5) is 5.13 Å². The fourth-order valence-electron chi connectivity index (χ4n) is 3.37. The average Bonchev–Trinajstić information content (AvgIpc) is 3.29. The second kappa shape index (κ2) is 11.5. The average molecular weight is 507 g/mol. The molecule has 1 atom stereocenters. The van der Waals surface area contributed by atoms with E-state index in [1.165, 1.54) is 16.2 Å². The molecule has 35 heavy (non-hydrogen) atoms. The molecule has 0 aliphatic heterocycles. The number of likely N-dealkylation sites (N-methyl/N-ethyl adjacent to an activating group) is 1. The van der Waals surface area contributed by atoms with Crippen molar-refractivity contribution in [2.45, 2.75) is 24.1 Å². The summed E-state index contributed by atoms with van der Waals surface area (Å²) >= 11 is -0.181. The molecule has 0 aliphatic carbocycles. The molecule has 4 rings (SSSR count). The van der Waals surface area contributed by atoms with Gasteiger partial charge in [0.2, 0.25) is 5.91 Å². The summed E-state index contributed by atoms with van der Waals surface area (Å²) in [6.45, 7) is 2.24. The van der Waals surface area contributed by atoms with Crippen molar-refractivity contribution in [2.75, 3.05) is 19.1 Å². The van der Waals surface area contributed by atoms with Gasteiger partial charge in [0.05, 0.1) is 37.1 Å². The zero-order valence-corrected chi connectivity index (χ0v) is 21.4. The van der Waals surface area contributed by atoms with E-state index in [4.69, 9.17) is 4.74 Å². The quantitative estimate of drug-likeness (QED) is 0.335. The van der Waals surface area contributed by atoms with Gasteiger partial charge in [-0.15, -0.1) is 4.72 Å². The number of hydrogen-bond acceptors (Lipinski definition) is 7. The van der Waals surface area contributed by atoms with Crippen molar-refractivity contribution in [3.8, 4) is 17.0 Å². The maximum absolute atomic E-state index is 12.9. The number of anilines is 1. The molecule has 4 aromatic rings. The highest BCUT2D eigenvalue weighted by Gasteiger charge is 2.24. The molecule has 1 N–H and O–H groups in total. The lowest BCUT2D eigenvalue weighted by molar-refractivity contribution is -0.117. The first kappa shape index (κ1) is 24.9. The molecule has 7 nitrogen and oxygen atoms in total. The van der Waals surface area contributed by atoms with Gasteiger partial charge in [0.1, 0.15) is 11.4 Å². The standard InChI is InChI=1S/C26H26N4O3S2/c1-18-25(35(32)28-17-20-9-13-22(33-3)14-10-20)34-26(29-18)30(2)24(31)16-19-7-11-21(12-8-19)23-6-4-5-15-27-23/h4-15,28H,16-17H2,1-3H3. The monoisotopic (exact) mass is 506 g/mol. The third kappa shape index (κ3) is 6.26. The molecular formula is C26H26N4O3S2. The highest BCUT2D eigenvalue weighted by molar-refractivity contribution is 7.91. The van der Waals surface area contributed by atoms with Gasteiger partial charge in [-0.05, 0) is 53.7 Å². The zero-order valence-electron chi connectivity index (χ0n) is 19.7. The third-order valence-electron chi connectivity index (χ3n) is 5.41. The maximum atomic E-state index is 12.9. The summed E-state index contributed by atoms with van der Waals surface area (Å²) in [6.07, 6.45) is 2.00. The SMILES string of the molecule is COc1ccc(CN[S+]([O-])c2sc(N(C)C(=O)Cc3ccc(-c4ccccn4)cc3)nc2C)cc1. The van der Waals surface area contributed by atoms with E-state index < -0.39 is 11.4 Å². The minimum Gasteiger partial charge on any atom is -0.592 e. The summed E-state index contributed by atoms with van der Waals surface area (Å²) in [5, 5.41) is 0.521. The number of carbonyl (C=O) groups excluding carboxylic acids is 1. The first-order valence-electron chi connectivity index (χ1n) is 11.0. The summed E-state index contributed by atoms with van der Waals surface area (Å²) in [5.74, 6) is 0.683. The van der Waals surface area contributed by atoms with Crippen LogP contribution in [0.2, 0.25) is 0 Å². The molecule has 0 saturated carbocycles. The van der Waals surface area contributed by atoms with Gasteiger partial charge >= 0.3 is 0 Å². The summed E-state index contributed by atoms with van der Waals surface area (Å²) in [5.41, 5.74) is 4.43. The van der Waals surface area contributed by atoms with E-state index in [0.717, 1.165) is 28.1 Å². The number of nitrogens with zero attached hydrogens (tertiary/aromatic N) is 3. The molecule has 1 unspecified atom stereocenters. The van der Waals surface area contributed by atoms with Crippen molar-refractivity contribution in [3.63, 3.8) is 0 Å². The van der Waals surface area contributed by atoms with Gasteiger partial charge in [-0.3, -0.25) is 14.7 Å². The number of aryl methyl sites for hydroxylation is 1. The van der Waals surface area contributed by atoms with Crippen LogP contribution in [-0.4, -0.2) is 34.6 Å². The molecular weight excluding hydrogens is 480 g/mol. The molecule has 9 heteroatoms. The highest BCUT2D eigenvalue weighted by Crippen LogP contribution is 2.30. The predicted octanol–water partition coefficient (Wildman–Crippen LogP) is 4.54. The van der Waals surface area contributed by atoms with Crippen molar-refractivity contribution in [2.24, 2.45) is 0 Å². The van der Waals surface area contributed by atoms with Crippen LogP contribution >= 0.6 is 11.3 Å². The van der Waals surface area contributed by atoms with Crippen LogP contribution in [-0.2, 0) is 29.1 Å². The number of pyridine rings is 1. The van der Waals surface area contributed by atoms with Crippen LogP contribution in [0.25, 0.3) is 11.3 Å². The molecule has 0 aliphatic rings. The van der Waals surface area contributed by atoms with Crippen LogP contribution in [0.3, 0.4) is 0 Å². The van der Waals surface area contributed by atoms with Crippen LogP contribution < -0.4 is 14.4 Å². The number of amides is 1. The maximum Gasteiger partial charge on any atom is 0.252 e.